The molecule has 1 aromatic heterocycles. The summed E-state index contributed by atoms with van der Waals surface area (Å²) in [6, 6.07) is 5.41. The molecule has 0 spiro atoms. The SMILES string of the molecule is Cn1c(N2CCNC(=O)C2)nc2ccc(Br)cc2c1=O. The summed E-state index contributed by atoms with van der Waals surface area (Å²) < 4.78 is 2.34. The number of amides is 1. The molecule has 0 bridgehead atoms. The lowest BCUT2D eigenvalue weighted by Gasteiger charge is -2.28. The molecule has 3 rings (SSSR count). The molecular weight excluding hydrogens is 324 g/mol. The van der Waals surface area contributed by atoms with Crippen molar-refractivity contribution in [3.05, 3.63) is 33.0 Å². The van der Waals surface area contributed by atoms with Crippen molar-refractivity contribution < 1.29 is 4.79 Å². The molecule has 1 aliphatic rings. The van der Waals surface area contributed by atoms with Crippen LogP contribution in [0.1, 0.15) is 0 Å². The monoisotopic (exact) mass is 336 g/mol. The maximum absolute atomic E-state index is 12.4. The van der Waals surface area contributed by atoms with Crippen LogP contribution in [0.2, 0.25) is 0 Å². The second-order valence-corrected chi connectivity index (χ2v) is 5.62. The minimum Gasteiger partial charge on any atom is -0.353 e. The summed E-state index contributed by atoms with van der Waals surface area (Å²) in [5.74, 6) is 0.473. The summed E-state index contributed by atoms with van der Waals surface area (Å²) in [5.41, 5.74) is 0.523. The van der Waals surface area contributed by atoms with Crippen LogP contribution >= 0.6 is 15.9 Å². The Morgan fingerprint density at radius 2 is 2.15 bits per heavy atom. The van der Waals surface area contributed by atoms with Crippen LogP contribution in [-0.2, 0) is 11.8 Å². The molecule has 0 unspecified atom stereocenters. The number of carbonyl (C=O) groups excluding carboxylic acids is 1. The van der Waals surface area contributed by atoms with Crippen LogP contribution in [0, 0.1) is 0 Å². The number of aromatic nitrogens is 2. The lowest BCUT2D eigenvalue weighted by molar-refractivity contribution is -0.120. The van der Waals surface area contributed by atoms with Gasteiger partial charge in [-0.15, -0.1) is 0 Å². The Labute approximate surface area is 123 Å². The summed E-state index contributed by atoms with van der Waals surface area (Å²) in [5, 5.41) is 3.32. The van der Waals surface area contributed by atoms with E-state index in [4.69, 9.17) is 0 Å². The van der Waals surface area contributed by atoms with Crippen LogP contribution in [0.25, 0.3) is 10.9 Å². The number of hydrogen-bond donors (Lipinski definition) is 1. The zero-order chi connectivity index (χ0) is 14.3. The van der Waals surface area contributed by atoms with Crippen LogP contribution in [0.3, 0.4) is 0 Å². The van der Waals surface area contributed by atoms with E-state index in [1.807, 2.05) is 11.0 Å². The predicted octanol–water partition coefficient (Wildman–Crippen LogP) is 0.632. The van der Waals surface area contributed by atoms with Crippen molar-refractivity contribution in [2.24, 2.45) is 7.05 Å². The van der Waals surface area contributed by atoms with Crippen molar-refractivity contribution in [3.8, 4) is 0 Å². The number of fused-ring (bicyclic) bond motifs is 1. The van der Waals surface area contributed by atoms with Gasteiger partial charge in [-0.3, -0.25) is 14.2 Å². The summed E-state index contributed by atoms with van der Waals surface area (Å²) in [6.07, 6.45) is 0. The van der Waals surface area contributed by atoms with Crippen molar-refractivity contribution in [2.45, 2.75) is 0 Å². The molecule has 2 aromatic rings. The first-order chi connectivity index (χ1) is 9.56. The molecule has 1 amide bonds. The Kier molecular flexibility index (Phi) is 3.21. The Balaban J connectivity index is 2.17. The average molecular weight is 337 g/mol. The molecule has 7 heteroatoms. The smallest absolute Gasteiger partial charge is 0.262 e. The molecule has 104 valence electrons. The van der Waals surface area contributed by atoms with Gasteiger partial charge in [0.2, 0.25) is 11.9 Å². The minimum absolute atomic E-state index is 0.0543. The van der Waals surface area contributed by atoms with Gasteiger partial charge in [-0.25, -0.2) is 4.98 Å². The third-order valence-electron chi connectivity index (χ3n) is 3.34. The molecule has 2 heterocycles. The number of carbonyl (C=O) groups is 1. The van der Waals surface area contributed by atoms with Gasteiger partial charge >= 0.3 is 0 Å². The van der Waals surface area contributed by atoms with Crippen molar-refractivity contribution >= 4 is 38.7 Å². The van der Waals surface area contributed by atoms with Crippen molar-refractivity contribution in [1.82, 2.24) is 14.9 Å². The zero-order valence-corrected chi connectivity index (χ0v) is 12.5. The van der Waals surface area contributed by atoms with E-state index in [2.05, 4.69) is 26.2 Å². The van der Waals surface area contributed by atoms with Crippen LogP contribution in [0.5, 0.6) is 0 Å². The van der Waals surface area contributed by atoms with Crippen LogP contribution in [0.4, 0.5) is 5.95 Å². The van der Waals surface area contributed by atoms with Gasteiger partial charge in [-0.2, -0.15) is 0 Å². The van der Waals surface area contributed by atoms with E-state index in [9.17, 15) is 9.59 Å². The number of piperazine rings is 1. The van der Waals surface area contributed by atoms with Gasteiger partial charge in [-0.05, 0) is 18.2 Å². The van der Waals surface area contributed by atoms with Crippen LogP contribution in [-0.4, -0.2) is 35.1 Å². The van der Waals surface area contributed by atoms with Crippen molar-refractivity contribution in [3.63, 3.8) is 0 Å². The zero-order valence-electron chi connectivity index (χ0n) is 10.9. The average Bonchev–Trinajstić information content (AvgIpc) is 2.43. The third-order valence-corrected chi connectivity index (χ3v) is 3.83. The van der Waals surface area contributed by atoms with Gasteiger partial charge < -0.3 is 10.2 Å². The first kappa shape index (κ1) is 13.1. The lowest BCUT2D eigenvalue weighted by atomic mass is 10.2. The number of anilines is 1. The largest absolute Gasteiger partial charge is 0.353 e. The quantitative estimate of drug-likeness (QED) is 0.829. The molecule has 0 atom stereocenters. The molecule has 20 heavy (non-hydrogen) atoms. The van der Waals surface area contributed by atoms with Gasteiger partial charge in [-0.1, -0.05) is 15.9 Å². The topological polar surface area (TPSA) is 67.2 Å². The summed E-state index contributed by atoms with van der Waals surface area (Å²) in [6.45, 7) is 1.43. The molecule has 0 radical (unpaired) electrons. The van der Waals surface area contributed by atoms with E-state index >= 15 is 0 Å². The summed E-state index contributed by atoms with van der Waals surface area (Å²) in [7, 11) is 1.68. The number of hydrogen-bond acceptors (Lipinski definition) is 4. The van der Waals surface area contributed by atoms with Gasteiger partial charge in [0.05, 0.1) is 17.4 Å². The molecule has 1 aliphatic heterocycles. The van der Waals surface area contributed by atoms with Gasteiger partial charge in [0.25, 0.3) is 5.56 Å². The highest BCUT2D eigenvalue weighted by molar-refractivity contribution is 9.10. The molecule has 0 aliphatic carbocycles. The van der Waals surface area contributed by atoms with E-state index in [-0.39, 0.29) is 18.0 Å². The molecule has 1 N–H and O–H groups in total. The van der Waals surface area contributed by atoms with E-state index in [0.29, 0.717) is 29.9 Å². The van der Waals surface area contributed by atoms with Crippen LogP contribution < -0.4 is 15.8 Å². The number of nitrogens with zero attached hydrogens (tertiary/aromatic N) is 3. The number of benzene rings is 1. The number of halogens is 1. The van der Waals surface area contributed by atoms with Crippen molar-refractivity contribution in [1.29, 1.82) is 0 Å². The lowest BCUT2D eigenvalue weighted by Crippen LogP contribution is -2.49. The van der Waals surface area contributed by atoms with Gasteiger partial charge in [0.15, 0.2) is 0 Å². The Morgan fingerprint density at radius 1 is 1.35 bits per heavy atom. The minimum atomic E-state index is -0.114. The highest BCUT2D eigenvalue weighted by Gasteiger charge is 2.21. The van der Waals surface area contributed by atoms with E-state index in [1.165, 1.54) is 4.57 Å². The third kappa shape index (κ3) is 2.18. The fourth-order valence-electron chi connectivity index (χ4n) is 2.32. The number of rotatable bonds is 1. The van der Waals surface area contributed by atoms with E-state index < -0.39 is 0 Å². The molecule has 6 nitrogen and oxygen atoms in total. The van der Waals surface area contributed by atoms with Gasteiger partial charge in [0.1, 0.15) is 0 Å². The fourth-order valence-corrected chi connectivity index (χ4v) is 2.68. The first-order valence-corrected chi connectivity index (χ1v) is 7.03. The maximum atomic E-state index is 12.4. The summed E-state index contributed by atoms with van der Waals surface area (Å²) >= 11 is 3.35. The standard InChI is InChI=1S/C13H13BrN4O2/c1-17-12(20)9-6-8(14)2-3-10(9)16-13(17)18-5-4-15-11(19)7-18/h2-3,6H,4-5,7H2,1H3,(H,15,19). The highest BCUT2D eigenvalue weighted by Crippen LogP contribution is 2.18. The normalized spacial score (nSPS) is 15.5. The Morgan fingerprint density at radius 3 is 2.90 bits per heavy atom. The molecule has 0 saturated carbocycles. The summed E-state index contributed by atoms with van der Waals surface area (Å²) in [4.78, 5) is 30.2. The fraction of sp³-hybridized carbons (Fsp3) is 0.308. The van der Waals surface area contributed by atoms with Crippen molar-refractivity contribution in [2.75, 3.05) is 24.5 Å². The molecular formula is C13H13BrN4O2. The highest BCUT2D eigenvalue weighted by atomic mass is 79.9. The van der Waals surface area contributed by atoms with E-state index in [0.717, 1.165) is 4.47 Å². The first-order valence-electron chi connectivity index (χ1n) is 6.24. The molecule has 1 saturated heterocycles. The molecule has 1 fully saturated rings. The predicted molar refractivity (Wildman–Crippen MR) is 79.9 cm³/mol. The Bertz CT molecular complexity index is 756. The maximum Gasteiger partial charge on any atom is 0.262 e. The van der Waals surface area contributed by atoms with Gasteiger partial charge in [0, 0.05) is 24.6 Å². The second-order valence-electron chi connectivity index (χ2n) is 4.71. The number of nitrogens with one attached hydrogen (secondary N) is 1. The molecule has 1 aromatic carbocycles. The second kappa shape index (κ2) is 4.90. The van der Waals surface area contributed by atoms with E-state index in [1.54, 1.807) is 19.2 Å². The Hall–Kier alpha value is -1.89. The van der Waals surface area contributed by atoms with Crippen LogP contribution in [0.15, 0.2) is 27.5 Å².